The van der Waals surface area contributed by atoms with Gasteiger partial charge in [0.05, 0.1) is 16.0 Å². The largest absolute Gasteiger partial charge is 0.393 e. The predicted molar refractivity (Wildman–Crippen MR) is 69.8 cm³/mol. The van der Waals surface area contributed by atoms with Crippen molar-refractivity contribution >= 4 is 17.3 Å². The fourth-order valence-corrected chi connectivity index (χ4v) is 2.86. The molecule has 4 nitrogen and oxygen atoms in total. The van der Waals surface area contributed by atoms with Gasteiger partial charge in [0.15, 0.2) is 0 Å². The first-order valence-electron chi connectivity index (χ1n) is 6.19. The second-order valence-electron chi connectivity index (χ2n) is 4.81. The lowest BCUT2D eigenvalue weighted by molar-refractivity contribution is -0.385. The number of benzene rings is 1. The van der Waals surface area contributed by atoms with Crippen molar-refractivity contribution in [2.24, 2.45) is 5.92 Å². The van der Waals surface area contributed by atoms with Gasteiger partial charge < -0.3 is 5.11 Å². The summed E-state index contributed by atoms with van der Waals surface area (Å²) in [5.74, 6) is 0.0809. The summed E-state index contributed by atoms with van der Waals surface area (Å²) in [6.45, 7) is 0. The summed E-state index contributed by atoms with van der Waals surface area (Å²) in [7, 11) is 0. The minimum absolute atomic E-state index is 0.0558. The number of rotatable bonds is 3. The van der Waals surface area contributed by atoms with Crippen molar-refractivity contribution in [3.8, 4) is 0 Å². The maximum absolute atomic E-state index is 11.0. The topological polar surface area (TPSA) is 63.4 Å². The number of aliphatic hydroxyl groups excluding tert-OH is 1. The third kappa shape index (κ3) is 2.82. The van der Waals surface area contributed by atoms with Gasteiger partial charge in [-0.1, -0.05) is 30.5 Å². The van der Waals surface area contributed by atoms with Gasteiger partial charge in [0.25, 0.3) is 5.69 Å². The van der Waals surface area contributed by atoms with Crippen LogP contribution in [0.5, 0.6) is 0 Å². The molecule has 1 N–H and O–H groups in total. The Morgan fingerprint density at radius 1 is 1.39 bits per heavy atom. The first kappa shape index (κ1) is 13.3. The van der Waals surface area contributed by atoms with Crippen LogP contribution in [0, 0.1) is 16.0 Å². The molecule has 0 bridgehead atoms. The van der Waals surface area contributed by atoms with Crippen LogP contribution in [0.2, 0.25) is 5.02 Å². The Balaban J connectivity index is 2.24. The number of nitro benzene ring substituents is 1. The summed E-state index contributed by atoms with van der Waals surface area (Å²) in [6, 6.07) is 4.72. The van der Waals surface area contributed by atoms with E-state index in [2.05, 4.69) is 0 Å². The Morgan fingerprint density at radius 3 is 2.78 bits per heavy atom. The molecular weight excluding hydrogens is 254 g/mol. The Hall–Kier alpha value is -1.13. The zero-order valence-corrected chi connectivity index (χ0v) is 10.8. The van der Waals surface area contributed by atoms with Crippen LogP contribution in [0.15, 0.2) is 18.2 Å². The van der Waals surface area contributed by atoms with E-state index in [0.717, 1.165) is 25.7 Å². The summed E-state index contributed by atoms with van der Waals surface area (Å²) in [5, 5.41) is 21.3. The van der Waals surface area contributed by atoms with Gasteiger partial charge in [0.1, 0.15) is 0 Å². The van der Waals surface area contributed by atoms with Gasteiger partial charge >= 0.3 is 0 Å². The van der Waals surface area contributed by atoms with E-state index in [1.165, 1.54) is 6.07 Å². The molecule has 18 heavy (non-hydrogen) atoms. The predicted octanol–water partition coefficient (Wildman–Crippen LogP) is 3.34. The van der Waals surface area contributed by atoms with Crippen LogP contribution < -0.4 is 0 Å². The standard InChI is InChI=1S/C13H16ClNO3/c14-11-5-3-6-12(15(17)18)10(11)8-9-4-1-2-7-13(9)16/h3,5-6,9,13,16H,1-2,4,7-8H2. The van der Waals surface area contributed by atoms with Crippen LogP contribution in [-0.4, -0.2) is 16.1 Å². The molecule has 1 aliphatic carbocycles. The van der Waals surface area contributed by atoms with Crippen molar-refractivity contribution in [1.29, 1.82) is 0 Å². The van der Waals surface area contributed by atoms with Crippen LogP contribution in [0.4, 0.5) is 5.69 Å². The van der Waals surface area contributed by atoms with Crippen molar-refractivity contribution in [3.05, 3.63) is 38.9 Å². The molecule has 0 spiro atoms. The lowest BCUT2D eigenvalue weighted by atomic mass is 9.82. The molecule has 1 aliphatic rings. The van der Waals surface area contributed by atoms with Gasteiger partial charge in [-0.2, -0.15) is 0 Å². The van der Waals surface area contributed by atoms with Crippen molar-refractivity contribution in [2.75, 3.05) is 0 Å². The van der Waals surface area contributed by atoms with E-state index >= 15 is 0 Å². The molecule has 1 saturated carbocycles. The van der Waals surface area contributed by atoms with Gasteiger partial charge in [-0.05, 0) is 31.2 Å². The molecular formula is C13H16ClNO3. The first-order chi connectivity index (χ1) is 8.59. The van der Waals surface area contributed by atoms with Crippen molar-refractivity contribution < 1.29 is 10.0 Å². The quantitative estimate of drug-likeness (QED) is 0.676. The zero-order chi connectivity index (χ0) is 13.1. The highest BCUT2D eigenvalue weighted by atomic mass is 35.5. The summed E-state index contributed by atoms with van der Waals surface area (Å²) < 4.78 is 0. The summed E-state index contributed by atoms with van der Waals surface area (Å²) in [5.41, 5.74) is 0.607. The molecule has 0 amide bonds. The highest BCUT2D eigenvalue weighted by Crippen LogP contribution is 2.33. The summed E-state index contributed by atoms with van der Waals surface area (Å²) >= 11 is 6.05. The molecule has 0 aromatic heterocycles. The molecule has 2 atom stereocenters. The lowest BCUT2D eigenvalue weighted by Crippen LogP contribution is -2.26. The van der Waals surface area contributed by atoms with E-state index in [9.17, 15) is 15.2 Å². The maximum atomic E-state index is 11.0. The second kappa shape index (κ2) is 5.67. The van der Waals surface area contributed by atoms with Crippen LogP contribution in [0.25, 0.3) is 0 Å². The van der Waals surface area contributed by atoms with Gasteiger partial charge in [-0.3, -0.25) is 10.1 Å². The number of hydrogen-bond acceptors (Lipinski definition) is 3. The number of nitrogens with zero attached hydrogens (tertiary/aromatic N) is 1. The van der Waals surface area contributed by atoms with Crippen molar-refractivity contribution in [3.63, 3.8) is 0 Å². The number of halogens is 1. The third-order valence-corrected chi connectivity index (χ3v) is 3.98. The highest BCUT2D eigenvalue weighted by Gasteiger charge is 2.27. The maximum Gasteiger partial charge on any atom is 0.274 e. The molecule has 2 rings (SSSR count). The number of hydrogen-bond donors (Lipinski definition) is 1. The Kier molecular flexibility index (Phi) is 4.19. The average Bonchev–Trinajstić information content (AvgIpc) is 2.34. The van der Waals surface area contributed by atoms with Gasteiger partial charge in [0.2, 0.25) is 0 Å². The molecule has 1 aromatic rings. The average molecular weight is 270 g/mol. The zero-order valence-electron chi connectivity index (χ0n) is 10.0. The lowest BCUT2D eigenvalue weighted by Gasteiger charge is -2.27. The van der Waals surface area contributed by atoms with Gasteiger partial charge in [-0.15, -0.1) is 0 Å². The molecule has 1 aromatic carbocycles. The van der Waals surface area contributed by atoms with Crippen molar-refractivity contribution in [1.82, 2.24) is 0 Å². The Bertz CT molecular complexity index is 450. The van der Waals surface area contributed by atoms with E-state index in [1.54, 1.807) is 12.1 Å². The normalized spacial score (nSPS) is 23.9. The monoisotopic (exact) mass is 269 g/mol. The van der Waals surface area contributed by atoms with Crippen molar-refractivity contribution in [2.45, 2.75) is 38.2 Å². The molecule has 0 radical (unpaired) electrons. The van der Waals surface area contributed by atoms with E-state index < -0.39 is 4.92 Å². The van der Waals surface area contributed by atoms with Crippen LogP contribution in [-0.2, 0) is 6.42 Å². The minimum atomic E-state index is -0.406. The Morgan fingerprint density at radius 2 is 2.11 bits per heavy atom. The van der Waals surface area contributed by atoms with Crippen LogP contribution in [0.1, 0.15) is 31.2 Å². The second-order valence-corrected chi connectivity index (χ2v) is 5.22. The fourth-order valence-electron chi connectivity index (χ4n) is 2.61. The molecule has 0 saturated heterocycles. The minimum Gasteiger partial charge on any atom is -0.393 e. The van der Waals surface area contributed by atoms with Crippen LogP contribution >= 0.6 is 11.6 Å². The molecule has 5 heteroatoms. The third-order valence-electron chi connectivity index (χ3n) is 3.63. The molecule has 98 valence electrons. The summed E-state index contributed by atoms with van der Waals surface area (Å²) in [4.78, 5) is 10.6. The molecule has 2 unspecified atom stereocenters. The van der Waals surface area contributed by atoms with E-state index in [0.29, 0.717) is 17.0 Å². The van der Waals surface area contributed by atoms with Gasteiger partial charge in [0, 0.05) is 11.6 Å². The fraction of sp³-hybridized carbons (Fsp3) is 0.538. The number of aliphatic hydroxyl groups is 1. The first-order valence-corrected chi connectivity index (χ1v) is 6.57. The highest BCUT2D eigenvalue weighted by molar-refractivity contribution is 6.31. The molecule has 0 aliphatic heterocycles. The summed E-state index contributed by atoms with van der Waals surface area (Å²) in [6.07, 6.45) is 3.90. The van der Waals surface area contributed by atoms with E-state index in [-0.39, 0.29) is 17.7 Å². The van der Waals surface area contributed by atoms with Crippen LogP contribution in [0.3, 0.4) is 0 Å². The van der Waals surface area contributed by atoms with Gasteiger partial charge in [-0.25, -0.2) is 0 Å². The van der Waals surface area contributed by atoms with E-state index in [1.807, 2.05) is 0 Å². The smallest absolute Gasteiger partial charge is 0.274 e. The SMILES string of the molecule is O=[N+]([O-])c1cccc(Cl)c1CC1CCCCC1O. The van der Waals surface area contributed by atoms with E-state index in [4.69, 9.17) is 11.6 Å². The molecule has 1 fully saturated rings. The Labute approximate surface area is 111 Å². The number of nitro groups is 1. The molecule has 0 heterocycles.